The Morgan fingerprint density at radius 1 is 1.22 bits per heavy atom. The van der Waals surface area contributed by atoms with Crippen LogP contribution in [0.25, 0.3) is 0 Å². The number of halogens is 3. The van der Waals surface area contributed by atoms with Crippen LogP contribution in [0, 0.1) is 10.8 Å². The number of amides is 1. The van der Waals surface area contributed by atoms with E-state index in [0.29, 0.717) is 0 Å². The highest BCUT2D eigenvalue weighted by Gasteiger charge is 2.60. The molecule has 0 unspecified atom stereocenters. The lowest BCUT2D eigenvalue weighted by Crippen LogP contribution is -2.76. The van der Waals surface area contributed by atoms with Crippen molar-refractivity contribution < 1.29 is 18.0 Å². The molecule has 0 heterocycles. The summed E-state index contributed by atoms with van der Waals surface area (Å²) in [7, 11) is 0. The number of carbonyl (C=O) groups is 1. The molecule has 0 bridgehead atoms. The average molecular weight is 266 g/mol. The average Bonchev–Trinajstić information content (AvgIpc) is 2.20. The third-order valence-corrected chi connectivity index (χ3v) is 4.03. The molecule has 3 nitrogen and oxygen atoms in total. The lowest BCUT2D eigenvalue weighted by molar-refractivity contribution is -0.148. The van der Waals surface area contributed by atoms with Crippen LogP contribution in [0.5, 0.6) is 0 Å². The second kappa shape index (κ2) is 4.40. The van der Waals surface area contributed by atoms with Gasteiger partial charge in [0.25, 0.3) is 0 Å². The van der Waals surface area contributed by atoms with Crippen molar-refractivity contribution in [2.75, 3.05) is 0 Å². The van der Waals surface area contributed by atoms with Gasteiger partial charge in [0.2, 0.25) is 5.91 Å². The van der Waals surface area contributed by atoms with E-state index in [9.17, 15) is 18.0 Å². The van der Waals surface area contributed by atoms with Crippen LogP contribution in [-0.2, 0) is 4.79 Å². The van der Waals surface area contributed by atoms with Gasteiger partial charge in [-0.05, 0) is 0 Å². The Kier molecular flexibility index (Phi) is 3.74. The fraction of sp³-hybridized carbons (Fsp3) is 0.917. The van der Waals surface area contributed by atoms with Crippen LogP contribution >= 0.6 is 0 Å². The molecular formula is C12H21F3N2O. The maximum atomic E-state index is 12.0. The highest BCUT2D eigenvalue weighted by molar-refractivity contribution is 5.76. The topological polar surface area (TPSA) is 55.1 Å². The minimum Gasteiger partial charge on any atom is -0.352 e. The number of nitrogens with two attached hydrogens (primary N) is 1. The summed E-state index contributed by atoms with van der Waals surface area (Å²) in [4.78, 5) is 11.5. The zero-order valence-electron chi connectivity index (χ0n) is 11.2. The molecule has 0 aromatic heterocycles. The Labute approximate surface area is 105 Å². The van der Waals surface area contributed by atoms with Gasteiger partial charge in [-0.1, -0.05) is 27.7 Å². The molecule has 1 fully saturated rings. The molecule has 0 aliphatic heterocycles. The van der Waals surface area contributed by atoms with E-state index < -0.39 is 24.9 Å². The Balaban J connectivity index is 2.55. The van der Waals surface area contributed by atoms with Gasteiger partial charge in [-0.3, -0.25) is 4.79 Å². The molecule has 0 aromatic carbocycles. The summed E-state index contributed by atoms with van der Waals surface area (Å²) >= 11 is 0. The first-order valence-electron chi connectivity index (χ1n) is 6.00. The number of nitrogens with one attached hydrogen (secondary N) is 1. The molecule has 3 N–H and O–H groups in total. The second-order valence-corrected chi connectivity index (χ2v) is 6.24. The van der Waals surface area contributed by atoms with E-state index in [-0.39, 0.29) is 22.9 Å². The van der Waals surface area contributed by atoms with E-state index >= 15 is 0 Å². The van der Waals surface area contributed by atoms with Crippen LogP contribution in [0.1, 0.15) is 40.5 Å². The van der Waals surface area contributed by atoms with E-state index in [1.807, 2.05) is 27.7 Å². The van der Waals surface area contributed by atoms with Gasteiger partial charge in [-0.15, -0.1) is 0 Å². The molecule has 0 aromatic rings. The summed E-state index contributed by atoms with van der Waals surface area (Å²) in [6.45, 7) is 7.66. The Morgan fingerprint density at radius 2 is 1.67 bits per heavy atom. The van der Waals surface area contributed by atoms with E-state index in [1.165, 1.54) is 0 Å². The normalized spacial score (nSPS) is 29.6. The van der Waals surface area contributed by atoms with Crippen molar-refractivity contribution in [2.24, 2.45) is 16.6 Å². The third-order valence-electron chi connectivity index (χ3n) is 4.03. The van der Waals surface area contributed by atoms with Crippen LogP contribution in [0.15, 0.2) is 0 Å². The number of carbonyl (C=O) groups excluding carboxylic acids is 1. The predicted molar refractivity (Wildman–Crippen MR) is 62.8 cm³/mol. The van der Waals surface area contributed by atoms with E-state index in [4.69, 9.17) is 5.73 Å². The van der Waals surface area contributed by atoms with Crippen LogP contribution < -0.4 is 11.1 Å². The van der Waals surface area contributed by atoms with E-state index in [0.717, 1.165) is 0 Å². The second-order valence-electron chi connectivity index (χ2n) is 6.24. The van der Waals surface area contributed by atoms with Gasteiger partial charge in [-0.25, -0.2) is 0 Å². The van der Waals surface area contributed by atoms with Gasteiger partial charge < -0.3 is 11.1 Å². The van der Waals surface area contributed by atoms with Crippen molar-refractivity contribution in [3.05, 3.63) is 0 Å². The minimum absolute atomic E-state index is 0.0853. The summed E-state index contributed by atoms with van der Waals surface area (Å²) in [6, 6.07) is -0.279. The summed E-state index contributed by atoms with van der Waals surface area (Å²) in [5.41, 5.74) is 5.42. The van der Waals surface area contributed by atoms with Gasteiger partial charge in [0.15, 0.2) is 0 Å². The first-order chi connectivity index (χ1) is 7.89. The third kappa shape index (κ3) is 2.79. The summed E-state index contributed by atoms with van der Waals surface area (Å²) in [5, 5.41) is 2.68. The van der Waals surface area contributed by atoms with Gasteiger partial charge in [0.05, 0.1) is 6.42 Å². The zero-order valence-corrected chi connectivity index (χ0v) is 11.2. The van der Waals surface area contributed by atoms with Gasteiger partial charge in [0, 0.05) is 29.3 Å². The summed E-state index contributed by atoms with van der Waals surface area (Å²) in [6.07, 6.45) is -5.90. The lowest BCUT2D eigenvalue weighted by atomic mass is 9.48. The predicted octanol–water partition coefficient (Wildman–Crippen LogP) is 2.21. The summed E-state index contributed by atoms with van der Waals surface area (Å²) in [5.74, 6) is -0.564. The molecule has 1 saturated carbocycles. The van der Waals surface area contributed by atoms with Gasteiger partial charge >= 0.3 is 6.18 Å². The van der Waals surface area contributed by atoms with E-state index in [2.05, 4.69) is 5.32 Å². The van der Waals surface area contributed by atoms with Crippen LogP contribution in [-0.4, -0.2) is 24.2 Å². The highest BCUT2D eigenvalue weighted by atomic mass is 19.4. The SMILES string of the molecule is CC1(C)C(N)C(C)(C)C1NC(=O)CCC(F)(F)F. The van der Waals surface area contributed by atoms with E-state index in [1.54, 1.807) is 0 Å². The molecule has 0 radical (unpaired) electrons. The molecule has 1 aliphatic rings. The van der Waals surface area contributed by atoms with Crippen molar-refractivity contribution in [1.29, 1.82) is 0 Å². The fourth-order valence-corrected chi connectivity index (χ4v) is 3.04. The highest BCUT2D eigenvalue weighted by Crippen LogP contribution is 2.52. The van der Waals surface area contributed by atoms with Crippen molar-refractivity contribution in [2.45, 2.75) is 58.8 Å². The maximum Gasteiger partial charge on any atom is 0.389 e. The molecule has 18 heavy (non-hydrogen) atoms. The van der Waals surface area contributed by atoms with Crippen molar-refractivity contribution in [3.63, 3.8) is 0 Å². The number of hydrogen-bond acceptors (Lipinski definition) is 2. The van der Waals surface area contributed by atoms with Gasteiger partial charge in [-0.2, -0.15) is 13.2 Å². The largest absolute Gasteiger partial charge is 0.389 e. The molecule has 106 valence electrons. The fourth-order valence-electron chi connectivity index (χ4n) is 3.04. The molecule has 0 saturated heterocycles. The molecular weight excluding hydrogens is 245 g/mol. The maximum absolute atomic E-state index is 12.0. The number of rotatable bonds is 3. The van der Waals surface area contributed by atoms with Gasteiger partial charge in [0.1, 0.15) is 0 Å². The van der Waals surface area contributed by atoms with Crippen LogP contribution in [0.3, 0.4) is 0 Å². The monoisotopic (exact) mass is 266 g/mol. The number of alkyl halides is 3. The number of hydrogen-bond donors (Lipinski definition) is 2. The lowest BCUT2D eigenvalue weighted by Gasteiger charge is -2.62. The van der Waals surface area contributed by atoms with Crippen molar-refractivity contribution >= 4 is 5.91 Å². The Morgan fingerprint density at radius 3 is 2.06 bits per heavy atom. The zero-order chi connectivity index (χ0) is 14.4. The minimum atomic E-state index is -4.29. The molecule has 0 atom stereocenters. The standard InChI is InChI=1S/C12H21F3N2O/c1-10(2)8(16)11(3,4)9(10)17-7(18)5-6-12(13,14)15/h8-9H,5-6,16H2,1-4H3,(H,17,18). The van der Waals surface area contributed by atoms with Crippen molar-refractivity contribution in [1.82, 2.24) is 5.32 Å². The molecule has 0 spiro atoms. The van der Waals surface area contributed by atoms with Crippen molar-refractivity contribution in [3.8, 4) is 0 Å². The molecule has 6 heteroatoms. The van der Waals surface area contributed by atoms with Crippen LogP contribution in [0.2, 0.25) is 0 Å². The molecule has 1 amide bonds. The first-order valence-corrected chi connectivity index (χ1v) is 6.00. The summed E-state index contributed by atoms with van der Waals surface area (Å²) < 4.78 is 36.0. The molecule has 1 aliphatic carbocycles. The quantitative estimate of drug-likeness (QED) is 0.823. The molecule has 1 rings (SSSR count). The first kappa shape index (κ1) is 15.3. The Hall–Kier alpha value is -0.780. The Bertz CT molecular complexity index is 321. The smallest absolute Gasteiger partial charge is 0.352 e. The van der Waals surface area contributed by atoms with Crippen LogP contribution in [0.4, 0.5) is 13.2 Å².